The maximum absolute atomic E-state index is 14.6. The Kier molecular flexibility index (Phi) is 40.2. The van der Waals surface area contributed by atoms with E-state index in [1.807, 2.05) is 0 Å². The number of carbonyl (C=O) groups excluding carboxylic acids is 16. The second kappa shape index (κ2) is 48.1. The highest BCUT2D eigenvalue weighted by Crippen LogP contribution is 2.15. The molecule has 0 unspecified atom stereocenters. The molecule has 15 amide bonds. The average molecular weight is 1550 g/mol. The summed E-state index contributed by atoms with van der Waals surface area (Å²) >= 11 is 0. The Morgan fingerprint density at radius 2 is 1.12 bits per heavy atom. The van der Waals surface area contributed by atoms with Gasteiger partial charge < -0.3 is 122 Å². The first-order valence-electron chi connectivity index (χ1n) is 35.1. The van der Waals surface area contributed by atoms with Gasteiger partial charge in [-0.2, -0.15) is 0 Å². The summed E-state index contributed by atoms with van der Waals surface area (Å²) in [4.78, 5) is 233. The highest BCUT2D eigenvalue weighted by Gasteiger charge is 2.36. The van der Waals surface area contributed by atoms with E-state index in [1.165, 1.54) is 38.1 Å². The number of aliphatic carboxylic acids is 1. The van der Waals surface area contributed by atoms with Gasteiger partial charge in [0.2, 0.25) is 88.6 Å². The molecular weight excluding hydrogens is 1450 g/mol. The van der Waals surface area contributed by atoms with Crippen molar-refractivity contribution in [3.05, 3.63) is 65.7 Å². The molecule has 0 aromatic heterocycles. The van der Waals surface area contributed by atoms with Crippen LogP contribution in [0.5, 0.6) is 5.75 Å². The van der Waals surface area contributed by atoms with Crippen LogP contribution in [-0.4, -0.2) is 241 Å². The Morgan fingerprint density at radius 1 is 0.564 bits per heavy atom. The van der Waals surface area contributed by atoms with E-state index in [-0.39, 0.29) is 69.2 Å². The van der Waals surface area contributed by atoms with Gasteiger partial charge in [0.1, 0.15) is 72.7 Å². The molecule has 2 aromatic rings. The predicted molar refractivity (Wildman–Crippen MR) is 388 cm³/mol. The van der Waals surface area contributed by atoms with Crippen LogP contribution in [0.4, 0.5) is 0 Å². The molecule has 3 rings (SSSR count). The Morgan fingerprint density at radius 3 is 1.72 bits per heavy atom. The molecule has 1 aliphatic heterocycles. The number of nitrogens with one attached hydrogen (secondary N) is 19. The molecule has 0 radical (unpaired) electrons. The minimum atomic E-state index is -1.82. The molecule has 0 spiro atoms. The van der Waals surface area contributed by atoms with Gasteiger partial charge in [0, 0.05) is 38.8 Å². The third kappa shape index (κ3) is 36.3. The van der Waals surface area contributed by atoms with Gasteiger partial charge in [-0.1, -0.05) is 70.2 Å². The van der Waals surface area contributed by atoms with E-state index in [1.54, 1.807) is 44.2 Å². The number of aliphatic hydroxyl groups excluding tert-OH is 1. The first-order valence-corrected chi connectivity index (χ1v) is 35.1. The Balaban J connectivity index is 1.90. The van der Waals surface area contributed by atoms with Crippen molar-refractivity contribution in [2.75, 3.05) is 52.4 Å². The number of hydroxylamine groups is 1. The van der Waals surface area contributed by atoms with Crippen LogP contribution in [0.3, 0.4) is 0 Å². The highest BCUT2D eigenvalue weighted by molar-refractivity contribution is 5.99. The third-order valence-electron chi connectivity index (χ3n) is 16.1. The zero-order valence-corrected chi connectivity index (χ0v) is 61.5. The van der Waals surface area contributed by atoms with Crippen molar-refractivity contribution < 1.29 is 102 Å². The minimum Gasteiger partial charge on any atom is -0.508 e. The third-order valence-corrected chi connectivity index (χ3v) is 16.1. The smallest absolute Gasteiger partial charge is 0.326 e. The van der Waals surface area contributed by atoms with E-state index >= 15 is 0 Å². The van der Waals surface area contributed by atoms with Gasteiger partial charge in [0.05, 0.1) is 32.8 Å². The summed E-state index contributed by atoms with van der Waals surface area (Å²) in [6, 6.07) is -1.80. The maximum atomic E-state index is 14.6. The zero-order valence-electron chi connectivity index (χ0n) is 61.5. The van der Waals surface area contributed by atoms with Crippen LogP contribution in [0.15, 0.2) is 54.6 Å². The predicted octanol–water partition coefficient (Wildman–Crippen LogP) is -9.08. The van der Waals surface area contributed by atoms with Crippen LogP contribution >= 0.6 is 0 Å². The van der Waals surface area contributed by atoms with Crippen LogP contribution in [0.2, 0.25) is 0 Å². The van der Waals surface area contributed by atoms with Crippen molar-refractivity contribution in [2.24, 2.45) is 29.0 Å². The summed E-state index contributed by atoms with van der Waals surface area (Å²) in [5.41, 5.74) is 19.2. The van der Waals surface area contributed by atoms with Crippen LogP contribution in [0.1, 0.15) is 104 Å². The van der Waals surface area contributed by atoms with E-state index in [0.29, 0.717) is 11.1 Å². The van der Waals surface area contributed by atoms with Gasteiger partial charge >= 0.3 is 11.9 Å². The standard InChI is InChI=1S/C67H102N22O21/c1-34(2)25-46(65(108)109)88-63(106)44(26-37-11-7-6-8-12-37)86-59(102)40(13-9-23-73-66(69)70)81-52(96)30-78-64(107)55(35(3)4)89-53(97)31-76-56(99)36(5)80-58(101)43-20-22-54(98)110-79-32-49(93)75-28-50(94)83-47(33-90)57(100)77-29-51(95)82-42(19-21-48(68)92)61(104)87-45(27-38-15-17-39(91)18-16-38)62(105)84-41(60(103)85-43)14-10-24-74-67(71)72/h6-8,11-12,15-18,34-36,40-47,55,79,90-91H,9-10,13-14,19-33H2,1-5H3,(H2,68,92)(H,75,93)(H,76,99)(H,77,100)(H,78,107)(H,80,101)(H,81,96)(H,82,95)(H,83,94)(H,84,105)(H,85,103)(H,86,102)(H,87,104)(H,88,106)(H,89,97)(H,108,109)(H4,69,70,73)(H4,71,72,74)/t36-,40-,41-,42-,43-,44-,45+,46-,47-,55-/m0/s1. The summed E-state index contributed by atoms with van der Waals surface area (Å²) in [7, 11) is 0. The number of amides is 15. The van der Waals surface area contributed by atoms with Crippen LogP contribution in [-0.2, 0) is 99.2 Å². The minimum absolute atomic E-state index is 0.0473. The molecule has 43 heteroatoms. The van der Waals surface area contributed by atoms with Crippen molar-refractivity contribution in [1.82, 2.24) is 90.5 Å². The summed E-state index contributed by atoms with van der Waals surface area (Å²) in [5, 5.41) is 83.3. The molecule has 10 atom stereocenters. The van der Waals surface area contributed by atoms with Crippen molar-refractivity contribution in [1.29, 1.82) is 10.8 Å². The number of rotatable bonds is 34. The fourth-order valence-electron chi connectivity index (χ4n) is 10.3. The molecule has 1 fully saturated rings. The monoisotopic (exact) mass is 1550 g/mol. The molecule has 2 aromatic carbocycles. The molecule has 43 nitrogen and oxygen atoms in total. The van der Waals surface area contributed by atoms with Gasteiger partial charge in [-0.25, -0.2) is 4.79 Å². The fourth-order valence-corrected chi connectivity index (χ4v) is 10.3. The maximum Gasteiger partial charge on any atom is 0.326 e. The van der Waals surface area contributed by atoms with Crippen LogP contribution in [0, 0.1) is 22.7 Å². The lowest BCUT2D eigenvalue weighted by Crippen LogP contribution is -2.60. The molecule has 0 aliphatic carbocycles. The molecule has 1 saturated heterocycles. The number of nitrogens with two attached hydrogens (primary N) is 3. The van der Waals surface area contributed by atoms with Gasteiger partial charge in [-0.05, 0) is 87.0 Å². The first-order chi connectivity index (χ1) is 51.9. The van der Waals surface area contributed by atoms with Crippen molar-refractivity contribution in [3.63, 3.8) is 0 Å². The lowest BCUT2D eigenvalue weighted by atomic mass is 10.0. The number of primary amides is 1. The molecule has 1 aliphatic rings. The SMILES string of the molecule is CC(C)C[C@H](NC(=O)[C@H](Cc1ccccc1)NC(=O)[C@H](CCCNC(=N)N)NC(=O)CNC(=O)[C@@H](NC(=O)CNC(=O)[C@H](C)NC(=O)[C@@H]1CCC(=O)ONCC(=O)NCC(=O)N[C@@H](CO)C(=O)NCC(=O)N[C@@H](CCC(N)=O)C(=O)N[C@H](Cc2ccc(O)cc2)C(=O)N[C@@H](CCCNC(=N)N)C(=O)N1)C(C)C)C(=O)O. The van der Waals surface area contributed by atoms with Gasteiger partial charge in [-0.3, -0.25) is 87.5 Å². The lowest BCUT2D eigenvalue weighted by molar-refractivity contribution is -0.152. The largest absolute Gasteiger partial charge is 0.508 e. The number of hydrogen-bond donors (Lipinski definition) is 25. The quantitative estimate of drug-likeness (QED) is 0.0176. The van der Waals surface area contributed by atoms with E-state index in [9.17, 15) is 96.8 Å². The molecule has 28 N–H and O–H groups in total. The molecule has 110 heavy (non-hydrogen) atoms. The van der Waals surface area contributed by atoms with Crippen molar-refractivity contribution >= 4 is 112 Å². The van der Waals surface area contributed by atoms with E-state index in [4.69, 9.17) is 32.9 Å². The number of carboxylic acid groups (broad SMARTS) is 1. The normalized spacial score (nSPS) is 18.7. The van der Waals surface area contributed by atoms with Crippen molar-refractivity contribution in [3.8, 4) is 5.75 Å². The Hall–Kier alpha value is -12.3. The number of carbonyl (C=O) groups is 17. The molecule has 606 valence electrons. The first kappa shape index (κ1) is 91.9. The highest BCUT2D eigenvalue weighted by atomic mass is 16.7. The molecule has 1 heterocycles. The number of phenolic OH excluding ortho intramolecular Hbond substituents is 1. The number of carboxylic acids is 1. The summed E-state index contributed by atoms with van der Waals surface area (Å²) in [5.74, 6) is -19.5. The second-order valence-corrected chi connectivity index (χ2v) is 26.1. The average Bonchev–Trinajstić information content (AvgIpc) is 0.856. The zero-order chi connectivity index (χ0) is 82.2. The molecular formula is C67H102N22O21. The van der Waals surface area contributed by atoms with Crippen LogP contribution in [0.25, 0.3) is 0 Å². The number of phenols is 1. The van der Waals surface area contributed by atoms with Gasteiger partial charge in [0.25, 0.3) is 0 Å². The number of hydrogen-bond acceptors (Lipinski definition) is 23. The topological polar surface area (TPSA) is 690 Å². The van der Waals surface area contributed by atoms with Gasteiger partial charge in [-0.15, -0.1) is 5.48 Å². The molecule has 0 saturated carbocycles. The number of aromatic hydroxyl groups is 1. The molecule has 0 bridgehead atoms. The van der Waals surface area contributed by atoms with E-state index < -0.39 is 244 Å². The Bertz CT molecular complexity index is 3570. The van der Waals surface area contributed by atoms with E-state index in [2.05, 4.69) is 90.5 Å². The van der Waals surface area contributed by atoms with E-state index in [0.717, 1.165) is 6.92 Å². The lowest BCUT2D eigenvalue weighted by Gasteiger charge is -2.27. The number of aliphatic hydroxyl groups is 1. The Labute approximate surface area is 631 Å². The number of benzene rings is 2. The number of guanidine groups is 2. The summed E-state index contributed by atoms with van der Waals surface area (Å²) < 4.78 is 0. The fraction of sp³-hybridized carbons (Fsp3) is 0.537. The van der Waals surface area contributed by atoms with Crippen LogP contribution < -0.4 is 108 Å². The summed E-state index contributed by atoms with van der Waals surface area (Å²) in [6.45, 7) is 2.62. The van der Waals surface area contributed by atoms with Crippen molar-refractivity contribution in [2.45, 2.75) is 166 Å². The van der Waals surface area contributed by atoms with Gasteiger partial charge in [0.15, 0.2) is 11.9 Å². The summed E-state index contributed by atoms with van der Waals surface area (Å²) in [6.07, 6.45) is -3.16. The second-order valence-electron chi connectivity index (χ2n) is 26.1.